The van der Waals surface area contributed by atoms with Gasteiger partial charge < -0.3 is 14.6 Å². The maximum Gasteiger partial charge on any atom is 0.309 e. The monoisotopic (exact) mass is 324 g/mol. The van der Waals surface area contributed by atoms with Gasteiger partial charge in [0.2, 0.25) is 0 Å². The second-order valence-electron chi connectivity index (χ2n) is 7.53. The average Bonchev–Trinajstić information content (AvgIpc) is 3.18. The van der Waals surface area contributed by atoms with Crippen LogP contribution in [0.2, 0.25) is 0 Å². The highest BCUT2D eigenvalue weighted by atomic mass is 16.6. The van der Waals surface area contributed by atoms with Gasteiger partial charge >= 0.3 is 11.9 Å². The number of esters is 2. The van der Waals surface area contributed by atoms with Gasteiger partial charge in [0.15, 0.2) is 0 Å². The molecule has 0 aromatic rings. The predicted octanol–water partition coefficient (Wildman–Crippen LogP) is 2.30. The number of fused-ring (bicyclic) bond motifs is 5. The molecular weight excluding hydrogens is 296 g/mol. The lowest BCUT2D eigenvalue weighted by Crippen LogP contribution is -2.41. The number of aliphatic hydroxyl groups excluding tert-OH is 1. The van der Waals surface area contributed by atoms with Gasteiger partial charge in [-0.15, -0.1) is 0 Å². The summed E-state index contributed by atoms with van der Waals surface area (Å²) in [4.78, 5) is 23.8. The van der Waals surface area contributed by atoms with Crippen LogP contribution in [0.5, 0.6) is 0 Å². The first kappa shape index (κ1) is 16.7. The van der Waals surface area contributed by atoms with E-state index in [1.165, 1.54) is 0 Å². The van der Waals surface area contributed by atoms with Crippen LogP contribution in [-0.4, -0.2) is 35.4 Å². The maximum atomic E-state index is 12.2. The predicted molar refractivity (Wildman–Crippen MR) is 83.3 cm³/mol. The first-order valence-electron chi connectivity index (χ1n) is 9.04. The summed E-state index contributed by atoms with van der Waals surface area (Å²) in [6.07, 6.45) is 2.68. The number of ether oxygens (including phenoxy) is 2. The molecule has 0 saturated heterocycles. The first-order valence-corrected chi connectivity index (χ1v) is 9.04. The van der Waals surface area contributed by atoms with Gasteiger partial charge in [0, 0.05) is 18.3 Å². The van der Waals surface area contributed by atoms with E-state index in [2.05, 4.69) is 0 Å². The van der Waals surface area contributed by atoms with Crippen LogP contribution in [0.15, 0.2) is 0 Å². The topological polar surface area (TPSA) is 72.8 Å². The Morgan fingerprint density at radius 1 is 1.13 bits per heavy atom. The standard InChI is InChI=1S/C18H28O5/c1-4-9(3)18(21)23-17-13(19)8-11-10-6-12(16(11)17)14(7-10)22-15(20)5-2/h9-14,16-17,19H,4-8H2,1-3H3. The third kappa shape index (κ3) is 2.88. The van der Waals surface area contributed by atoms with E-state index in [4.69, 9.17) is 9.47 Å². The van der Waals surface area contributed by atoms with Crippen molar-refractivity contribution >= 4 is 11.9 Å². The molecule has 3 rings (SSSR count). The second-order valence-corrected chi connectivity index (χ2v) is 7.53. The molecule has 0 aromatic carbocycles. The fourth-order valence-electron chi connectivity index (χ4n) is 4.93. The number of hydrogen-bond acceptors (Lipinski definition) is 5. The Kier molecular flexibility index (Phi) is 4.68. The molecule has 1 N–H and O–H groups in total. The molecule has 3 fully saturated rings. The van der Waals surface area contributed by atoms with Gasteiger partial charge in [-0.3, -0.25) is 9.59 Å². The summed E-state index contributed by atoms with van der Waals surface area (Å²) in [6.45, 7) is 5.61. The molecule has 0 aliphatic heterocycles. The number of hydrogen-bond donors (Lipinski definition) is 1. The Morgan fingerprint density at radius 3 is 2.52 bits per heavy atom. The second kappa shape index (κ2) is 6.42. The van der Waals surface area contributed by atoms with Gasteiger partial charge in [-0.2, -0.15) is 0 Å². The van der Waals surface area contributed by atoms with Crippen LogP contribution in [0.1, 0.15) is 52.9 Å². The van der Waals surface area contributed by atoms with Gasteiger partial charge in [-0.05, 0) is 37.5 Å². The van der Waals surface area contributed by atoms with Crippen molar-refractivity contribution < 1.29 is 24.2 Å². The van der Waals surface area contributed by atoms with E-state index in [0.717, 1.165) is 19.3 Å². The molecule has 3 saturated carbocycles. The van der Waals surface area contributed by atoms with E-state index in [1.807, 2.05) is 13.8 Å². The summed E-state index contributed by atoms with van der Waals surface area (Å²) in [5.74, 6) is 0.739. The minimum atomic E-state index is -0.580. The molecule has 0 heterocycles. The number of carbonyl (C=O) groups is 2. The lowest BCUT2D eigenvalue weighted by molar-refractivity contribution is -0.166. The molecule has 5 nitrogen and oxygen atoms in total. The van der Waals surface area contributed by atoms with Crippen LogP contribution >= 0.6 is 0 Å². The molecule has 2 bridgehead atoms. The zero-order valence-corrected chi connectivity index (χ0v) is 14.2. The van der Waals surface area contributed by atoms with E-state index in [0.29, 0.717) is 24.7 Å². The lowest BCUT2D eigenvalue weighted by atomic mass is 9.79. The summed E-state index contributed by atoms with van der Waals surface area (Å²) in [7, 11) is 0. The summed E-state index contributed by atoms with van der Waals surface area (Å²) < 4.78 is 11.3. The van der Waals surface area contributed by atoms with Gasteiger partial charge in [0.25, 0.3) is 0 Å². The van der Waals surface area contributed by atoms with Crippen molar-refractivity contribution in [1.29, 1.82) is 0 Å². The Balaban J connectivity index is 1.71. The quantitative estimate of drug-likeness (QED) is 0.786. The van der Waals surface area contributed by atoms with Gasteiger partial charge in [-0.1, -0.05) is 20.8 Å². The minimum absolute atomic E-state index is 0.0659. The number of aliphatic hydroxyl groups is 1. The highest BCUT2D eigenvalue weighted by Gasteiger charge is 2.62. The molecule has 0 amide bonds. The first-order chi connectivity index (χ1) is 11.0. The molecule has 3 aliphatic carbocycles. The normalized spacial score (nSPS) is 42.3. The van der Waals surface area contributed by atoms with Crippen molar-refractivity contribution in [2.75, 3.05) is 0 Å². The van der Waals surface area contributed by atoms with Crippen LogP contribution in [0.3, 0.4) is 0 Å². The summed E-state index contributed by atoms with van der Waals surface area (Å²) in [6, 6.07) is 0. The largest absolute Gasteiger partial charge is 0.462 e. The lowest BCUT2D eigenvalue weighted by Gasteiger charge is -2.34. The highest BCUT2D eigenvalue weighted by molar-refractivity contribution is 5.72. The molecular formula is C18H28O5. The molecule has 0 spiro atoms. The Bertz CT molecular complexity index is 476. The van der Waals surface area contributed by atoms with Gasteiger partial charge in [-0.25, -0.2) is 0 Å². The van der Waals surface area contributed by atoms with Gasteiger partial charge in [0.05, 0.1) is 12.0 Å². The van der Waals surface area contributed by atoms with E-state index in [9.17, 15) is 14.7 Å². The number of carbonyl (C=O) groups excluding carboxylic acids is 2. The molecule has 3 aliphatic rings. The van der Waals surface area contributed by atoms with E-state index < -0.39 is 12.2 Å². The van der Waals surface area contributed by atoms with E-state index in [-0.39, 0.29) is 35.8 Å². The summed E-state index contributed by atoms with van der Waals surface area (Å²) in [5, 5.41) is 10.4. The highest BCUT2D eigenvalue weighted by Crippen LogP contribution is 2.60. The van der Waals surface area contributed by atoms with Crippen LogP contribution in [-0.2, 0) is 19.1 Å². The zero-order chi connectivity index (χ0) is 16.7. The van der Waals surface area contributed by atoms with Crippen molar-refractivity contribution in [1.82, 2.24) is 0 Å². The third-order valence-electron chi connectivity index (χ3n) is 6.29. The van der Waals surface area contributed by atoms with Crippen LogP contribution in [0, 0.1) is 29.6 Å². The minimum Gasteiger partial charge on any atom is -0.462 e. The van der Waals surface area contributed by atoms with Crippen molar-refractivity contribution in [3.8, 4) is 0 Å². The molecule has 8 unspecified atom stereocenters. The van der Waals surface area contributed by atoms with E-state index in [1.54, 1.807) is 6.92 Å². The Hall–Kier alpha value is -1.10. The summed E-state index contributed by atoms with van der Waals surface area (Å²) in [5.41, 5.74) is 0. The fraction of sp³-hybridized carbons (Fsp3) is 0.889. The van der Waals surface area contributed by atoms with Crippen molar-refractivity contribution in [3.05, 3.63) is 0 Å². The van der Waals surface area contributed by atoms with E-state index >= 15 is 0 Å². The molecule has 23 heavy (non-hydrogen) atoms. The fourth-order valence-corrected chi connectivity index (χ4v) is 4.93. The third-order valence-corrected chi connectivity index (χ3v) is 6.29. The van der Waals surface area contributed by atoms with Crippen LogP contribution in [0.25, 0.3) is 0 Å². The van der Waals surface area contributed by atoms with Crippen molar-refractivity contribution in [2.24, 2.45) is 29.6 Å². The summed E-state index contributed by atoms with van der Waals surface area (Å²) >= 11 is 0. The van der Waals surface area contributed by atoms with Crippen LogP contribution < -0.4 is 0 Å². The maximum absolute atomic E-state index is 12.2. The SMILES string of the molecule is CCC(=O)OC1CC2CC1C1C2CC(O)C1OC(=O)C(C)CC. The molecule has 0 aromatic heterocycles. The Morgan fingerprint density at radius 2 is 1.87 bits per heavy atom. The molecule has 130 valence electrons. The average molecular weight is 324 g/mol. The molecule has 0 radical (unpaired) electrons. The number of rotatable bonds is 5. The molecule has 5 heteroatoms. The van der Waals surface area contributed by atoms with Gasteiger partial charge in [0.1, 0.15) is 12.2 Å². The van der Waals surface area contributed by atoms with Crippen molar-refractivity contribution in [2.45, 2.75) is 71.2 Å². The Labute approximate surface area is 137 Å². The van der Waals surface area contributed by atoms with Crippen LogP contribution in [0.4, 0.5) is 0 Å². The van der Waals surface area contributed by atoms with Crippen molar-refractivity contribution in [3.63, 3.8) is 0 Å². The smallest absolute Gasteiger partial charge is 0.309 e. The zero-order valence-electron chi connectivity index (χ0n) is 14.2. The molecule has 8 atom stereocenters.